The summed E-state index contributed by atoms with van der Waals surface area (Å²) >= 11 is 0. The van der Waals surface area contributed by atoms with E-state index in [0.29, 0.717) is 17.7 Å². The SMILES string of the molecule is CC[C@]1(C(=O)c2ccccc2)[C@@H]2c3c(ccc4ccccc34)OC(=O)[C@@]21C(=O)OC. The van der Waals surface area contributed by atoms with Crippen molar-refractivity contribution < 1.29 is 23.9 Å². The summed E-state index contributed by atoms with van der Waals surface area (Å²) in [5, 5.41) is 1.83. The quantitative estimate of drug-likeness (QED) is 0.283. The number of carbonyl (C=O) groups excluding carboxylic acids is 3. The summed E-state index contributed by atoms with van der Waals surface area (Å²) in [5.41, 5.74) is -1.75. The van der Waals surface area contributed by atoms with Gasteiger partial charge in [0.1, 0.15) is 5.75 Å². The van der Waals surface area contributed by atoms with Crippen LogP contribution < -0.4 is 4.74 Å². The topological polar surface area (TPSA) is 69.7 Å². The summed E-state index contributed by atoms with van der Waals surface area (Å²) in [6.07, 6.45) is 0.304. The molecule has 30 heavy (non-hydrogen) atoms. The van der Waals surface area contributed by atoms with Gasteiger partial charge >= 0.3 is 11.9 Å². The van der Waals surface area contributed by atoms with Crippen LogP contribution in [-0.4, -0.2) is 24.8 Å². The van der Waals surface area contributed by atoms with Gasteiger partial charge in [-0.1, -0.05) is 67.6 Å². The van der Waals surface area contributed by atoms with E-state index in [1.54, 1.807) is 30.3 Å². The van der Waals surface area contributed by atoms with E-state index >= 15 is 0 Å². The molecule has 1 heterocycles. The van der Waals surface area contributed by atoms with Gasteiger partial charge in [-0.2, -0.15) is 0 Å². The van der Waals surface area contributed by atoms with Crippen molar-refractivity contribution in [1.82, 2.24) is 0 Å². The summed E-state index contributed by atoms with van der Waals surface area (Å²) < 4.78 is 10.8. The molecule has 150 valence electrons. The molecule has 3 aromatic carbocycles. The van der Waals surface area contributed by atoms with Crippen LogP contribution in [0, 0.1) is 10.8 Å². The Morgan fingerprint density at radius 2 is 1.70 bits per heavy atom. The molecule has 5 nitrogen and oxygen atoms in total. The monoisotopic (exact) mass is 400 g/mol. The summed E-state index contributed by atoms with van der Waals surface area (Å²) in [6.45, 7) is 1.84. The molecule has 1 fully saturated rings. The van der Waals surface area contributed by atoms with Crippen molar-refractivity contribution in [2.75, 3.05) is 7.11 Å². The van der Waals surface area contributed by atoms with Crippen LogP contribution in [0.1, 0.15) is 35.2 Å². The smallest absolute Gasteiger partial charge is 0.330 e. The number of methoxy groups -OCH3 is 1. The summed E-state index contributed by atoms with van der Waals surface area (Å²) in [6, 6.07) is 20.1. The number of carbonyl (C=O) groups is 3. The largest absolute Gasteiger partial charge is 0.468 e. The number of benzene rings is 3. The summed E-state index contributed by atoms with van der Waals surface area (Å²) in [7, 11) is 1.24. The lowest BCUT2D eigenvalue weighted by atomic mass is 9.83. The van der Waals surface area contributed by atoms with Gasteiger partial charge in [0.05, 0.1) is 12.5 Å². The van der Waals surface area contributed by atoms with Crippen LogP contribution in [0.4, 0.5) is 0 Å². The fourth-order valence-corrected chi connectivity index (χ4v) is 5.49. The van der Waals surface area contributed by atoms with Gasteiger partial charge in [0.15, 0.2) is 11.2 Å². The van der Waals surface area contributed by atoms with E-state index < -0.39 is 28.7 Å². The zero-order chi connectivity index (χ0) is 21.1. The molecule has 2 aliphatic rings. The van der Waals surface area contributed by atoms with Gasteiger partial charge in [0.2, 0.25) is 0 Å². The molecule has 0 spiro atoms. The van der Waals surface area contributed by atoms with Crippen molar-refractivity contribution in [3.05, 3.63) is 77.9 Å². The molecule has 0 radical (unpaired) electrons. The minimum absolute atomic E-state index is 0.237. The van der Waals surface area contributed by atoms with Gasteiger partial charge in [-0.15, -0.1) is 0 Å². The van der Waals surface area contributed by atoms with Crippen molar-refractivity contribution in [1.29, 1.82) is 0 Å². The average Bonchev–Trinajstić information content (AvgIpc) is 3.44. The lowest BCUT2D eigenvalue weighted by Gasteiger charge is -2.23. The average molecular weight is 400 g/mol. The molecule has 0 aromatic heterocycles. The number of fused-ring (bicyclic) bond motifs is 5. The first kappa shape index (κ1) is 18.6. The first-order chi connectivity index (χ1) is 14.5. The van der Waals surface area contributed by atoms with E-state index in [-0.39, 0.29) is 5.78 Å². The van der Waals surface area contributed by atoms with E-state index in [2.05, 4.69) is 0 Å². The fourth-order valence-electron chi connectivity index (χ4n) is 5.49. The highest BCUT2D eigenvalue weighted by molar-refractivity contribution is 6.21. The summed E-state index contributed by atoms with van der Waals surface area (Å²) in [5.74, 6) is -1.91. The van der Waals surface area contributed by atoms with E-state index in [4.69, 9.17) is 9.47 Å². The van der Waals surface area contributed by atoms with Crippen LogP contribution in [0.3, 0.4) is 0 Å². The minimum Gasteiger partial charge on any atom is -0.468 e. The highest BCUT2D eigenvalue weighted by Crippen LogP contribution is 2.80. The molecule has 0 N–H and O–H groups in total. The van der Waals surface area contributed by atoms with Crippen LogP contribution in [0.25, 0.3) is 10.8 Å². The normalized spacial score (nSPS) is 26.3. The number of hydrogen-bond donors (Lipinski definition) is 0. The Bertz CT molecular complexity index is 1210. The molecule has 1 aliphatic heterocycles. The first-order valence-corrected chi connectivity index (χ1v) is 9.96. The maximum atomic E-state index is 13.8. The van der Waals surface area contributed by atoms with Gasteiger partial charge in [0, 0.05) is 17.0 Å². The zero-order valence-corrected chi connectivity index (χ0v) is 16.7. The molecule has 0 bridgehead atoms. The van der Waals surface area contributed by atoms with E-state index in [1.165, 1.54) is 7.11 Å². The second kappa shape index (κ2) is 6.26. The van der Waals surface area contributed by atoms with Gasteiger partial charge in [-0.3, -0.25) is 14.4 Å². The Morgan fingerprint density at radius 1 is 1.00 bits per heavy atom. The summed E-state index contributed by atoms with van der Waals surface area (Å²) in [4.78, 5) is 40.2. The van der Waals surface area contributed by atoms with Crippen LogP contribution in [0.5, 0.6) is 5.75 Å². The Labute approximate surface area is 173 Å². The Kier molecular flexibility index (Phi) is 3.87. The third-order valence-corrected chi connectivity index (χ3v) is 6.80. The van der Waals surface area contributed by atoms with E-state index in [1.807, 2.05) is 43.3 Å². The maximum Gasteiger partial charge on any atom is 0.330 e. The van der Waals surface area contributed by atoms with Crippen LogP contribution in [0.15, 0.2) is 66.7 Å². The van der Waals surface area contributed by atoms with Gasteiger partial charge in [0.25, 0.3) is 0 Å². The Balaban J connectivity index is 1.83. The second-order valence-corrected chi connectivity index (χ2v) is 7.84. The molecule has 5 rings (SSSR count). The highest BCUT2D eigenvalue weighted by Gasteiger charge is 2.90. The van der Waals surface area contributed by atoms with Crippen molar-refractivity contribution in [2.24, 2.45) is 10.8 Å². The zero-order valence-electron chi connectivity index (χ0n) is 16.7. The molecular formula is C25H20O5. The third kappa shape index (κ3) is 1.99. The minimum atomic E-state index is -1.68. The second-order valence-electron chi connectivity index (χ2n) is 7.84. The molecule has 5 heteroatoms. The molecule has 1 saturated carbocycles. The van der Waals surface area contributed by atoms with Crippen LogP contribution in [-0.2, 0) is 14.3 Å². The lowest BCUT2D eigenvalue weighted by Crippen LogP contribution is -2.40. The molecule has 1 aliphatic carbocycles. The predicted octanol–water partition coefficient (Wildman–Crippen LogP) is 4.29. The van der Waals surface area contributed by atoms with E-state index in [9.17, 15) is 14.4 Å². The van der Waals surface area contributed by atoms with Crippen molar-refractivity contribution in [3.63, 3.8) is 0 Å². The number of ether oxygens (including phenoxy) is 2. The highest BCUT2D eigenvalue weighted by atomic mass is 16.6. The van der Waals surface area contributed by atoms with Crippen molar-refractivity contribution >= 4 is 28.5 Å². The predicted molar refractivity (Wildman–Crippen MR) is 110 cm³/mol. The first-order valence-electron chi connectivity index (χ1n) is 9.96. The van der Waals surface area contributed by atoms with Gasteiger partial charge in [-0.25, -0.2) is 0 Å². The van der Waals surface area contributed by atoms with E-state index in [0.717, 1.165) is 16.3 Å². The number of esters is 2. The number of Topliss-reactive ketones (excluding diaryl/α,β-unsaturated/α-hetero) is 1. The molecule has 0 amide bonds. The van der Waals surface area contributed by atoms with Crippen LogP contribution in [0.2, 0.25) is 0 Å². The molecule has 3 aromatic rings. The van der Waals surface area contributed by atoms with Crippen LogP contribution >= 0.6 is 0 Å². The fraction of sp³-hybridized carbons (Fsp3) is 0.240. The number of ketones is 1. The standard InChI is InChI=1S/C25H20O5/c1-3-24(21(26)16-10-5-4-6-11-16)20-19-17-12-8-7-9-15(17)13-14-18(19)30-23(28)25(20,24)22(27)29-2/h4-14,20H,3H2,1-2H3/t20-,24+,25-/m0/s1. The maximum absolute atomic E-state index is 13.8. The molecule has 0 unspecified atom stereocenters. The van der Waals surface area contributed by atoms with Crippen molar-refractivity contribution in [2.45, 2.75) is 19.3 Å². The van der Waals surface area contributed by atoms with Gasteiger partial charge in [-0.05, 0) is 23.3 Å². The Morgan fingerprint density at radius 3 is 2.40 bits per heavy atom. The lowest BCUT2D eigenvalue weighted by molar-refractivity contribution is -0.160. The molecular weight excluding hydrogens is 380 g/mol. The number of rotatable bonds is 4. The molecule has 0 saturated heterocycles. The van der Waals surface area contributed by atoms with Crippen molar-refractivity contribution in [3.8, 4) is 5.75 Å². The third-order valence-electron chi connectivity index (χ3n) is 6.80. The Hall–Kier alpha value is -3.47. The van der Waals surface area contributed by atoms with Gasteiger partial charge < -0.3 is 9.47 Å². The molecule has 3 atom stereocenters. The number of hydrogen-bond acceptors (Lipinski definition) is 5.